The lowest BCUT2D eigenvalue weighted by Gasteiger charge is -2.15. The van der Waals surface area contributed by atoms with Gasteiger partial charge in [-0.15, -0.1) is 0 Å². The van der Waals surface area contributed by atoms with Crippen LogP contribution in [0.2, 0.25) is 0 Å². The monoisotopic (exact) mass is 423 g/mol. The highest BCUT2D eigenvalue weighted by Crippen LogP contribution is 2.28. The maximum Gasteiger partial charge on any atom is 0.174 e. The van der Waals surface area contributed by atoms with Gasteiger partial charge >= 0.3 is 0 Å². The molecule has 6 nitrogen and oxygen atoms in total. The van der Waals surface area contributed by atoms with E-state index in [1.54, 1.807) is 13.4 Å². The van der Waals surface area contributed by atoms with E-state index in [2.05, 4.69) is 41.4 Å². The maximum absolute atomic E-state index is 5.61. The molecule has 160 valence electrons. The Balaban J connectivity index is 1.40. The number of rotatable bonds is 5. The summed E-state index contributed by atoms with van der Waals surface area (Å²) in [5, 5.41) is 4.70. The second kappa shape index (κ2) is 8.67. The molecule has 0 amide bonds. The fraction of sp³-hybridized carbons (Fsp3) is 0.192. The van der Waals surface area contributed by atoms with Gasteiger partial charge in [0, 0.05) is 12.7 Å². The standard InChI is InChI=1S/C26H25N5O/c1-19-17-30(18-27-19)23-12-10-21(16-24(23)32-2)11-13-25-28-26-22(9-6-14-31(26)29-25)15-20-7-4-3-5-8-20/h3-5,7-8,10-13,15-18H,6,9,14H2,1-2H3. The summed E-state index contributed by atoms with van der Waals surface area (Å²) in [5.74, 6) is 2.46. The van der Waals surface area contributed by atoms with Gasteiger partial charge in [0.05, 0.1) is 24.8 Å². The predicted octanol–water partition coefficient (Wildman–Crippen LogP) is 5.29. The van der Waals surface area contributed by atoms with Crippen LogP contribution in [0.1, 0.15) is 41.3 Å². The number of hydrogen-bond donors (Lipinski definition) is 0. The first-order valence-corrected chi connectivity index (χ1v) is 10.8. The number of allylic oxidation sites excluding steroid dienone is 1. The summed E-state index contributed by atoms with van der Waals surface area (Å²) >= 11 is 0. The molecule has 2 aromatic carbocycles. The van der Waals surface area contributed by atoms with E-state index in [-0.39, 0.29) is 0 Å². The van der Waals surface area contributed by atoms with Gasteiger partial charge in [0.15, 0.2) is 11.6 Å². The van der Waals surface area contributed by atoms with Gasteiger partial charge in [0.2, 0.25) is 0 Å². The number of methoxy groups -OCH3 is 1. The van der Waals surface area contributed by atoms with Gasteiger partial charge in [0.25, 0.3) is 0 Å². The number of nitrogens with zero attached hydrogens (tertiary/aromatic N) is 5. The minimum Gasteiger partial charge on any atom is -0.495 e. The van der Waals surface area contributed by atoms with Gasteiger partial charge in [-0.2, -0.15) is 5.10 Å². The lowest BCUT2D eigenvalue weighted by atomic mass is 10.0. The molecule has 0 saturated carbocycles. The van der Waals surface area contributed by atoms with Crippen LogP contribution in [0.3, 0.4) is 0 Å². The molecule has 5 rings (SSSR count). The zero-order valence-electron chi connectivity index (χ0n) is 18.3. The number of ether oxygens (including phenoxy) is 1. The van der Waals surface area contributed by atoms with E-state index in [1.165, 1.54) is 11.1 Å². The maximum atomic E-state index is 5.61. The molecule has 32 heavy (non-hydrogen) atoms. The Morgan fingerprint density at radius 1 is 1.03 bits per heavy atom. The van der Waals surface area contributed by atoms with E-state index in [4.69, 9.17) is 14.8 Å². The molecule has 0 atom stereocenters. The summed E-state index contributed by atoms with van der Waals surface area (Å²) in [6.07, 6.45) is 12.1. The van der Waals surface area contributed by atoms with Gasteiger partial charge in [-0.1, -0.05) is 42.5 Å². The van der Waals surface area contributed by atoms with Crippen LogP contribution in [0.15, 0.2) is 61.1 Å². The number of fused-ring (bicyclic) bond motifs is 1. The summed E-state index contributed by atoms with van der Waals surface area (Å²) in [6, 6.07) is 16.5. The predicted molar refractivity (Wildman–Crippen MR) is 127 cm³/mol. The first kappa shape index (κ1) is 20.0. The molecule has 0 bridgehead atoms. The van der Waals surface area contributed by atoms with Crippen molar-refractivity contribution in [3.8, 4) is 11.4 Å². The van der Waals surface area contributed by atoms with Crippen LogP contribution >= 0.6 is 0 Å². The van der Waals surface area contributed by atoms with Gasteiger partial charge in [-0.25, -0.2) is 14.6 Å². The number of aromatic nitrogens is 5. The van der Waals surface area contributed by atoms with Gasteiger partial charge < -0.3 is 9.30 Å². The van der Waals surface area contributed by atoms with Crippen LogP contribution in [0.4, 0.5) is 0 Å². The lowest BCUT2D eigenvalue weighted by molar-refractivity contribution is 0.413. The van der Waals surface area contributed by atoms with E-state index in [9.17, 15) is 0 Å². The second-order valence-corrected chi connectivity index (χ2v) is 7.89. The van der Waals surface area contributed by atoms with Crippen molar-refractivity contribution >= 4 is 23.8 Å². The molecule has 0 N–H and O–H groups in total. The molecule has 0 spiro atoms. The minimum atomic E-state index is 0.717. The quantitative estimate of drug-likeness (QED) is 0.438. The van der Waals surface area contributed by atoms with Crippen molar-refractivity contribution in [2.24, 2.45) is 0 Å². The largest absolute Gasteiger partial charge is 0.495 e. The summed E-state index contributed by atoms with van der Waals surface area (Å²) in [5.41, 5.74) is 5.37. The third kappa shape index (κ3) is 4.12. The molecular weight excluding hydrogens is 398 g/mol. The van der Waals surface area contributed by atoms with Crippen LogP contribution < -0.4 is 4.74 Å². The van der Waals surface area contributed by atoms with Gasteiger partial charge in [0.1, 0.15) is 5.75 Å². The number of benzene rings is 2. The topological polar surface area (TPSA) is 57.8 Å². The molecule has 0 fully saturated rings. The van der Waals surface area contributed by atoms with E-state index < -0.39 is 0 Å². The SMILES string of the molecule is COc1cc(C=Cc2nc3n(n2)CCCC3=Cc2ccccc2)ccc1-n1cnc(C)c1. The Kier molecular flexibility index (Phi) is 5.42. The Morgan fingerprint density at radius 3 is 2.69 bits per heavy atom. The molecule has 0 aliphatic carbocycles. The van der Waals surface area contributed by atoms with Gasteiger partial charge in [-0.05, 0) is 60.8 Å². The summed E-state index contributed by atoms with van der Waals surface area (Å²) < 4.78 is 9.60. The molecule has 1 aliphatic rings. The Bertz CT molecular complexity index is 1300. The van der Waals surface area contributed by atoms with Crippen LogP contribution in [-0.4, -0.2) is 31.4 Å². The fourth-order valence-corrected chi connectivity index (χ4v) is 3.98. The smallest absolute Gasteiger partial charge is 0.174 e. The molecule has 0 radical (unpaired) electrons. The normalized spacial score (nSPS) is 14.8. The minimum absolute atomic E-state index is 0.717. The molecule has 0 unspecified atom stereocenters. The third-order valence-electron chi connectivity index (χ3n) is 5.55. The fourth-order valence-electron chi connectivity index (χ4n) is 3.98. The van der Waals surface area contributed by atoms with Crippen LogP contribution in [0, 0.1) is 6.92 Å². The summed E-state index contributed by atoms with van der Waals surface area (Å²) in [4.78, 5) is 9.11. The average Bonchev–Trinajstić information content (AvgIpc) is 3.44. The molecule has 1 aliphatic heterocycles. The highest BCUT2D eigenvalue weighted by molar-refractivity contribution is 5.79. The van der Waals surface area contributed by atoms with Crippen molar-refractivity contribution in [1.29, 1.82) is 0 Å². The zero-order chi connectivity index (χ0) is 21.9. The molecular formula is C26H25N5O. The first-order chi connectivity index (χ1) is 15.7. The second-order valence-electron chi connectivity index (χ2n) is 7.89. The summed E-state index contributed by atoms with van der Waals surface area (Å²) in [6.45, 7) is 2.87. The van der Waals surface area contributed by atoms with Crippen molar-refractivity contribution in [2.45, 2.75) is 26.3 Å². The number of hydrogen-bond acceptors (Lipinski definition) is 4. The van der Waals surface area contributed by atoms with Gasteiger partial charge in [-0.3, -0.25) is 0 Å². The van der Waals surface area contributed by atoms with Crippen molar-refractivity contribution in [3.63, 3.8) is 0 Å². The van der Waals surface area contributed by atoms with Crippen molar-refractivity contribution < 1.29 is 4.74 Å². The molecule has 2 aromatic heterocycles. The van der Waals surface area contributed by atoms with E-state index in [1.807, 2.05) is 52.7 Å². The van der Waals surface area contributed by atoms with Crippen molar-refractivity contribution in [2.75, 3.05) is 7.11 Å². The van der Waals surface area contributed by atoms with Crippen LogP contribution in [0.5, 0.6) is 5.75 Å². The molecule has 4 aromatic rings. The zero-order valence-corrected chi connectivity index (χ0v) is 18.3. The highest BCUT2D eigenvalue weighted by atomic mass is 16.5. The van der Waals surface area contributed by atoms with Crippen LogP contribution in [0.25, 0.3) is 29.5 Å². The van der Waals surface area contributed by atoms with E-state index >= 15 is 0 Å². The van der Waals surface area contributed by atoms with E-state index in [0.717, 1.165) is 47.9 Å². The molecule has 0 saturated heterocycles. The lowest BCUT2D eigenvalue weighted by Crippen LogP contribution is -2.11. The molecule has 3 heterocycles. The van der Waals surface area contributed by atoms with E-state index in [0.29, 0.717) is 5.82 Å². The Labute approximate surface area is 187 Å². The Hall–Kier alpha value is -3.93. The molecule has 6 heteroatoms. The highest BCUT2D eigenvalue weighted by Gasteiger charge is 2.18. The van der Waals surface area contributed by atoms with Crippen molar-refractivity contribution in [3.05, 3.63) is 89.5 Å². The summed E-state index contributed by atoms with van der Waals surface area (Å²) in [7, 11) is 1.68. The van der Waals surface area contributed by atoms with Crippen molar-refractivity contribution in [1.82, 2.24) is 24.3 Å². The average molecular weight is 424 g/mol. The number of aryl methyl sites for hydroxylation is 2. The number of imidazole rings is 1. The first-order valence-electron chi connectivity index (χ1n) is 10.8. The Morgan fingerprint density at radius 2 is 1.91 bits per heavy atom. The third-order valence-corrected chi connectivity index (χ3v) is 5.55. The van der Waals surface area contributed by atoms with Crippen LogP contribution in [-0.2, 0) is 6.54 Å².